The largest absolute Gasteiger partial charge is 0.372 e. The van der Waals surface area contributed by atoms with E-state index in [9.17, 15) is 9.18 Å². The molecule has 2 aromatic rings. The summed E-state index contributed by atoms with van der Waals surface area (Å²) in [7, 11) is 1.83. The maximum Gasteiger partial charge on any atom is 0.269 e. The van der Waals surface area contributed by atoms with Crippen LogP contribution in [0, 0.1) is 5.82 Å². The second-order valence-electron chi connectivity index (χ2n) is 4.66. The quantitative estimate of drug-likeness (QED) is 0.908. The zero-order valence-corrected chi connectivity index (χ0v) is 12.3. The molecule has 0 amide bonds. The zero-order chi connectivity index (χ0) is 15.4. The lowest BCUT2D eigenvalue weighted by atomic mass is 10.2. The zero-order valence-electron chi connectivity index (χ0n) is 11.6. The molecule has 0 bridgehead atoms. The fourth-order valence-corrected chi connectivity index (χ4v) is 2.04. The molecule has 5 nitrogen and oxygen atoms in total. The normalized spacial score (nSPS) is 10.7. The first-order chi connectivity index (χ1) is 10.0. The fourth-order valence-electron chi connectivity index (χ4n) is 1.89. The fraction of sp³-hybridized carbons (Fsp3) is 0.286. The first-order valence-electron chi connectivity index (χ1n) is 6.43. The maximum atomic E-state index is 13.7. The van der Waals surface area contributed by atoms with Crippen molar-refractivity contribution in [2.24, 2.45) is 5.73 Å². The number of hydrogen-bond acceptors (Lipinski definition) is 4. The molecule has 21 heavy (non-hydrogen) atoms. The number of benzene rings is 1. The Morgan fingerprint density at radius 2 is 2.19 bits per heavy atom. The van der Waals surface area contributed by atoms with Gasteiger partial charge in [-0.25, -0.2) is 9.07 Å². The summed E-state index contributed by atoms with van der Waals surface area (Å²) in [6.07, 6.45) is 1.56. The molecule has 1 heterocycles. The molecule has 2 N–H and O–H groups in total. The predicted octanol–water partition coefficient (Wildman–Crippen LogP) is 1.48. The third-order valence-electron chi connectivity index (χ3n) is 3.10. The van der Waals surface area contributed by atoms with Crippen LogP contribution >= 0.6 is 11.6 Å². The smallest absolute Gasteiger partial charge is 0.269 e. The molecule has 0 aliphatic heterocycles. The molecule has 0 fully saturated rings. The minimum atomic E-state index is -0.458. The van der Waals surface area contributed by atoms with Crippen LogP contribution in [-0.4, -0.2) is 29.9 Å². The van der Waals surface area contributed by atoms with Crippen LogP contribution < -0.4 is 16.2 Å². The highest BCUT2D eigenvalue weighted by molar-refractivity contribution is 6.30. The van der Waals surface area contributed by atoms with Gasteiger partial charge in [0.05, 0.1) is 18.4 Å². The molecule has 0 spiro atoms. The van der Waals surface area contributed by atoms with Crippen molar-refractivity contribution >= 4 is 17.3 Å². The average Bonchev–Trinajstić information content (AvgIpc) is 2.44. The van der Waals surface area contributed by atoms with Gasteiger partial charge in [-0.3, -0.25) is 4.79 Å². The topological polar surface area (TPSA) is 64.2 Å². The van der Waals surface area contributed by atoms with Crippen molar-refractivity contribution in [1.29, 1.82) is 0 Å². The SMILES string of the molecule is CN(CCN)c1cnn(Cc2ccc(Cl)cc2F)c(=O)c1. The van der Waals surface area contributed by atoms with Gasteiger partial charge in [0.2, 0.25) is 0 Å². The second kappa shape index (κ2) is 6.69. The van der Waals surface area contributed by atoms with Gasteiger partial charge in [-0.15, -0.1) is 0 Å². The van der Waals surface area contributed by atoms with Crippen molar-refractivity contribution in [2.45, 2.75) is 6.54 Å². The number of aromatic nitrogens is 2. The third-order valence-corrected chi connectivity index (χ3v) is 3.33. The van der Waals surface area contributed by atoms with E-state index < -0.39 is 5.82 Å². The molecule has 2 rings (SSSR count). The number of hydrogen-bond donors (Lipinski definition) is 1. The first-order valence-corrected chi connectivity index (χ1v) is 6.81. The summed E-state index contributed by atoms with van der Waals surface area (Å²) < 4.78 is 14.9. The molecular weight excluding hydrogens is 295 g/mol. The van der Waals surface area contributed by atoms with Crippen molar-refractivity contribution in [3.05, 3.63) is 57.2 Å². The van der Waals surface area contributed by atoms with E-state index in [1.54, 1.807) is 18.3 Å². The molecule has 1 aromatic carbocycles. The third kappa shape index (κ3) is 3.80. The monoisotopic (exact) mass is 310 g/mol. The van der Waals surface area contributed by atoms with Crippen LogP contribution in [0.1, 0.15) is 5.56 Å². The van der Waals surface area contributed by atoms with Crippen LogP contribution in [0.4, 0.5) is 10.1 Å². The molecule has 0 aliphatic carbocycles. The summed E-state index contributed by atoms with van der Waals surface area (Å²) in [5.41, 5.74) is 6.20. The Morgan fingerprint density at radius 3 is 2.81 bits per heavy atom. The maximum absolute atomic E-state index is 13.7. The number of nitrogens with zero attached hydrogens (tertiary/aromatic N) is 3. The van der Waals surface area contributed by atoms with Crippen LogP contribution in [0.25, 0.3) is 0 Å². The Balaban J connectivity index is 2.23. The molecule has 1 aromatic heterocycles. The molecular formula is C14H16ClFN4O. The molecule has 112 valence electrons. The highest BCUT2D eigenvalue weighted by Crippen LogP contribution is 2.15. The van der Waals surface area contributed by atoms with E-state index in [4.69, 9.17) is 17.3 Å². The lowest BCUT2D eigenvalue weighted by Crippen LogP contribution is -2.29. The van der Waals surface area contributed by atoms with Crippen molar-refractivity contribution in [1.82, 2.24) is 9.78 Å². The molecule has 7 heteroatoms. The van der Waals surface area contributed by atoms with Crippen molar-refractivity contribution in [3.8, 4) is 0 Å². The van der Waals surface area contributed by atoms with Gasteiger partial charge in [0.1, 0.15) is 5.82 Å². The standard InChI is InChI=1S/C14H16ClFN4O/c1-19(5-4-17)12-7-14(21)20(18-8-12)9-10-2-3-11(15)6-13(10)16/h2-3,6-8H,4-5,9,17H2,1H3. The average molecular weight is 311 g/mol. The van der Waals surface area contributed by atoms with Crippen LogP contribution in [0.3, 0.4) is 0 Å². The number of rotatable bonds is 5. The van der Waals surface area contributed by atoms with E-state index >= 15 is 0 Å². The minimum Gasteiger partial charge on any atom is -0.372 e. The molecule has 0 saturated carbocycles. The van der Waals surface area contributed by atoms with E-state index in [2.05, 4.69) is 5.10 Å². The van der Waals surface area contributed by atoms with Gasteiger partial charge in [-0.2, -0.15) is 5.10 Å². The minimum absolute atomic E-state index is 0.0583. The van der Waals surface area contributed by atoms with E-state index in [1.807, 2.05) is 11.9 Å². The molecule has 0 unspecified atom stereocenters. The molecule has 0 aliphatic rings. The second-order valence-corrected chi connectivity index (χ2v) is 5.09. The van der Waals surface area contributed by atoms with E-state index in [0.717, 1.165) is 0 Å². The van der Waals surface area contributed by atoms with Gasteiger partial charge in [0.15, 0.2) is 0 Å². The van der Waals surface area contributed by atoms with Crippen LogP contribution in [-0.2, 0) is 6.54 Å². The molecule has 0 atom stereocenters. The number of likely N-dealkylation sites (N-methyl/N-ethyl adjacent to an activating group) is 1. The summed E-state index contributed by atoms with van der Waals surface area (Å²) in [5, 5.41) is 4.38. The lowest BCUT2D eigenvalue weighted by Gasteiger charge is -2.17. The van der Waals surface area contributed by atoms with Crippen molar-refractivity contribution < 1.29 is 4.39 Å². The van der Waals surface area contributed by atoms with Gasteiger partial charge in [-0.1, -0.05) is 17.7 Å². The lowest BCUT2D eigenvalue weighted by molar-refractivity contribution is 0.572. The first kappa shape index (κ1) is 15.5. The molecule has 0 saturated heterocycles. The predicted molar refractivity (Wildman–Crippen MR) is 81.3 cm³/mol. The van der Waals surface area contributed by atoms with Crippen LogP contribution in [0.15, 0.2) is 35.3 Å². The Morgan fingerprint density at radius 1 is 1.43 bits per heavy atom. The molecule has 0 radical (unpaired) electrons. The van der Waals surface area contributed by atoms with Gasteiger partial charge in [0.25, 0.3) is 5.56 Å². The number of anilines is 1. The summed E-state index contributed by atoms with van der Waals surface area (Å²) >= 11 is 5.70. The number of halogens is 2. The Labute approximate surface area is 126 Å². The van der Waals surface area contributed by atoms with E-state index in [0.29, 0.717) is 29.4 Å². The van der Waals surface area contributed by atoms with Gasteiger partial charge >= 0.3 is 0 Å². The van der Waals surface area contributed by atoms with Crippen molar-refractivity contribution in [3.63, 3.8) is 0 Å². The van der Waals surface area contributed by atoms with Gasteiger partial charge in [-0.05, 0) is 12.1 Å². The highest BCUT2D eigenvalue weighted by Gasteiger charge is 2.08. The van der Waals surface area contributed by atoms with E-state index in [-0.39, 0.29) is 12.1 Å². The van der Waals surface area contributed by atoms with Crippen LogP contribution in [0.2, 0.25) is 5.02 Å². The van der Waals surface area contributed by atoms with Gasteiger partial charge < -0.3 is 10.6 Å². The summed E-state index contributed by atoms with van der Waals surface area (Å²) in [6.45, 7) is 1.16. The Hall–Kier alpha value is -1.92. The van der Waals surface area contributed by atoms with Crippen LogP contribution in [0.5, 0.6) is 0 Å². The summed E-state index contributed by atoms with van der Waals surface area (Å²) in [5.74, 6) is -0.458. The Bertz CT molecular complexity index is 689. The highest BCUT2D eigenvalue weighted by atomic mass is 35.5. The number of nitrogens with two attached hydrogens (primary N) is 1. The van der Waals surface area contributed by atoms with Crippen molar-refractivity contribution in [2.75, 3.05) is 25.0 Å². The van der Waals surface area contributed by atoms with E-state index in [1.165, 1.54) is 16.8 Å². The summed E-state index contributed by atoms with van der Waals surface area (Å²) in [4.78, 5) is 13.9. The van der Waals surface area contributed by atoms with Gasteiger partial charge in [0, 0.05) is 36.8 Å². The summed E-state index contributed by atoms with van der Waals surface area (Å²) in [6, 6.07) is 5.79. The Kier molecular flexibility index (Phi) is 4.93.